The topological polar surface area (TPSA) is 199 Å². The van der Waals surface area contributed by atoms with Gasteiger partial charge in [0, 0.05) is 48.5 Å². The molecule has 14 nitrogen and oxygen atoms in total. The summed E-state index contributed by atoms with van der Waals surface area (Å²) in [5.41, 5.74) is -3.56. The number of nitrogens with zero attached hydrogens (tertiary/aromatic N) is 1. The molecule has 2 aromatic rings. The number of aromatic hydroxyl groups is 2. The third-order valence-electron chi connectivity index (χ3n) is 9.82. The molecule has 3 saturated heterocycles. The summed E-state index contributed by atoms with van der Waals surface area (Å²) in [6.45, 7) is 1.57. The van der Waals surface area contributed by atoms with Crippen molar-refractivity contribution in [1.29, 1.82) is 0 Å². The third-order valence-corrected chi connectivity index (χ3v) is 9.82. The smallest absolute Gasteiger partial charge is 0.202 e. The van der Waals surface area contributed by atoms with Gasteiger partial charge in [-0.1, -0.05) is 12.1 Å². The quantitative estimate of drug-likeness (QED) is 0.212. The maximum absolute atomic E-state index is 13.9. The molecule has 244 valence electrons. The Morgan fingerprint density at radius 3 is 2.61 bits per heavy atom. The van der Waals surface area contributed by atoms with Crippen LogP contribution < -0.4 is 4.74 Å². The number of ketones is 3. The van der Waals surface area contributed by atoms with E-state index in [0.717, 1.165) is 0 Å². The Morgan fingerprint density at radius 1 is 1.13 bits per heavy atom. The lowest BCUT2D eigenvalue weighted by Crippen LogP contribution is -2.55. The van der Waals surface area contributed by atoms with Crippen molar-refractivity contribution in [3.63, 3.8) is 0 Å². The second-order valence-electron chi connectivity index (χ2n) is 12.3. The van der Waals surface area contributed by atoms with Crippen molar-refractivity contribution in [2.75, 3.05) is 26.9 Å². The summed E-state index contributed by atoms with van der Waals surface area (Å²) in [6, 6.07) is 4.15. The average molecular weight is 640 g/mol. The van der Waals surface area contributed by atoms with Crippen molar-refractivity contribution in [3.05, 3.63) is 51.6 Å². The predicted molar refractivity (Wildman–Crippen MR) is 153 cm³/mol. The number of methoxy groups -OCH3 is 1. The molecule has 2 aromatic carbocycles. The number of aliphatic hydroxyl groups is 2. The van der Waals surface area contributed by atoms with Crippen molar-refractivity contribution >= 4 is 23.6 Å². The van der Waals surface area contributed by atoms with Crippen LogP contribution in [-0.4, -0.2) is 118 Å². The summed E-state index contributed by atoms with van der Waals surface area (Å²) in [6.07, 6.45) is -4.74. The number of Topliss-reactive ketones (excluding diaryl/α,β-unsaturated/α-hetero) is 1. The third kappa shape index (κ3) is 4.43. The van der Waals surface area contributed by atoms with E-state index in [1.165, 1.54) is 25.3 Å². The molecule has 46 heavy (non-hydrogen) atoms. The van der Waals surface area contributed by atoms with Crippen LogP contribution in [0.2, 0.25) is 0 Å². The Labute approximate surface area is 262 Å². The fourth-order valence-electron chi connectivity index (χ4n) is 7.68. The minimum absolute atomic E-state index is 0.0482. The maximum atomic E-state index is 13.9. The van der Waals surface area contributed by atoms with Gasteiger partial charge < -0.3 is 48.9 Å². The molecule has 8 atom stereocenters. The lowest BCUT2D eigenvalue weighted by atomic mass is 9.72. The Hall–Kier alpha value is -3.76. The second kappa shape index (κ2) is 11.2. The van der Waals surface area contributed by atoms with E-state index in [-0.39, 0.29) is 40.5 Å². The van der Waals surface area contributed by atoms with Crippen LogP contribution in [0.3, 0.4) is 0 Å². The number of ether oxygens (including phenoxy) is 5. The van der Waals surface area contributed by atoms with Crippen molar-refractivity contribution in [2.45, 2.75) is 74.8 Å². The molecule has 3 fully saturated rings. The molecule has 14 heteroatoms. The molecule has 0 aromatic heterocycles. The standard InChI is InChI=1S/C32H33NO13/c1-13-30-16(33-6-7-43-19(11-34)31(33)46-30)8-21(44-13)45-18-10-32(41,20(36)12-35)9-15-23(18)29(40)25-24(27(15)38)26(37)14-4-3-5-17(42-2)22(14)28(25)39/h3-5,11,13,16,18-19,21,30-31,35,38,40-41H,6-10,12H2,1-2H3/t13-,16?,18-,19+,21-,30?,31+,32-/m0/s1. The maximum Gasteiger partial charge on any atom is 0.202 e. The highest BCUT2D eigenvalue weighted by molar-refractivity contribution is 6.31. The van der Waals surface area contributed by atoms with Gasteiger partial charge >= 0.3 is 0 Å². The first-order valence-electron chi connectivity index (χ1n) is 15.1. The molecule has 4 N–H and O–H groups in total. The number of rotatable bonds is 6. The van der Waals surface area contributed by atoms with Crippen molar-refractivity contribution in [3.8, 4) is 17.2 Å². The van der Waals surface area contributed by atoms with E-state index in [1.54, 1.807) is 6.92 Å². The van der Waals surface area contributed by atoms with Crippen LogP contribution in [0.5, 0.6) is 17.2 Å². The summed E-state index contributed by atoms with van der Waals surface area (Å²) >= 11 is 0. The lowest BCUT2D eigenvalue weighted by Gasteiger charge is -2.43. The van der Waals surface area contributed by atoms with Gasteiger partial charge in [0.2, 0.25) is 5.78 Å². The van der Waals surface area contributed by atoms with Gasteiger partial charge in [-0.05, 0) is 13.0 Å². The molecular weight excluding hydrogens is 606 g/mol. The van der Waals surface area contributed by atoms with E-state index in [0.29, 0.717) is 19.4 Å². The molecule has 7 rings (SSSR count). The summed E-state index contributed by atoms with van der Waals surface area (Å²) in [4.78, 5) is 54.1. The molecule has 0 bridgehead atoms. The summed E-state index contributed by atoms with van der Waals surface area (Å²) < 4.78 is 29.5. The monoisotopic (exact) mass is 639 g/mol. The van der Waals surface area contributed by atoms with Crippen molar-refractivity contribution in [2.24, 2.45) is 0 Å². The molecule has 5 aliphatic rings. The minimum Gasteiger partial charge on any atom is -0.507 e. The largest absolute Gasteiger partial charge is 0.507 e. The first-order valence-corrected chi connectivity index (χ1v) is 15.1. The fraction of sp³-hybridized carbons (Fsp3) is 0.500. The van der Waals surface area contributed by atoms with Crippen molar-refractivity contribution < 1.29 is 63.3 Å². The number of hydrogen-bond donors (Lipinski definition) is 4. The Balaban J connectivity index is 1.30. The number of phenolic OH excluding ortho intramolecular Hbond substituents is 2. The number of phenols is 2. The zero-order chi connectivity index (χ0) is 32.7. The van der Waals surface area contributed by atoms with Gasteiger partial charge in [-0.3, -0.25) is 19.3 Å². The van der Waals surface area contributed by atoms with Crippen molar-refractivity contribution in [1.82, 2.24) is 4.90 Å². The number of fused-ring (bicyclic) bond motifs is 6. The summed E-state index contributed by atoms with van der Waals surface area (Å²) in [5, 5.41) is 44.5. The minimum atomic E-state index is -2.25. The second-order valence-corrected chi connectivity index (χ2v) is 12.3. The van der Waals surface area contributed by atoms with Crippen LogP contribution in [0.1, 0.15) is 68.8 Å². The number of aliphatic hydroxyl groups excluding tert-OH is 1. The van der Waals surface area contributed by atoms with Crippen LogP contribution >= 0.6 is 0 Å². The molecular formula is C32H33NO13. The van der Waals surface area contributed by atoms with Gasteiger partial charge in [0.1, 0.15) is 41.8 Å². The molecule has 0 saturated carbocycles. The lowest BCUT2D eigenvalue weighted by molar-refractivity contribution is -0.247. The Bertz CT molecular complexity index is 1660. The zero-order valence-electron chi connectivity index (χ0n) is 25.0. The summed E-state index contributed by atoms with van der Waals surface area (Å²) in [5.74, 6) is -3.71. The first kappa shape index (κ1) is 30.9. The highest BCUT2D eigenvalue weighted by Gasteiger charge is 2.55. The highest BCUT2D eigenvalue weighted by Crippen LogP contribution is 2.53. The van der Waals surface area contributed by atoms with Gasteiger partial charge in [0.15, 0.2) is 30.2 Å². The van der Waals surface area contributed by atoms with E-state index in [2.05, 4.69) is 0 Å². The van der Waals surface area contributed by atoms with Gasteiger partial charge in [0.25, 0.3) is 0 Å². The summed E-state index contributed by atoms with van der Waals surface area (Å²) in [7, 11) is 1.33. The van der Waals surface area contributed by atoms with E-state index in [9.17, 15) is 39.6 Å². The normalized spacial score (nSPS) is 33.3. The van der Waals surface area contributed by atoms with Gasteiger partial charge in [0.05, 0.1) is 42.6 Å². The van der Waals surface area contributed by atoms with Crippen LogP contribution in [0.15, 0.2) is 18.2 Å². The van der Waals surface area contributed by atoms with Gasteiger partial charge in [-0.15, -0.1) is 0 Å². The van der Waals surface area contributed by atoms with Crippen LogP contribution in [-0.2, 0) is 35.0 Å². The van der Waals surface area contributed by atoms with Crippen LogP contribution in [0.4, 0.5) is 0 Å². The van der Waals surface area contributed by atoms with E-state index >= 15 is 0 Å². The fourth-order valence-corrected chi connectivity index (χ4v) is 7.68. The highest BCUT2D eigenvalue weighted by atomic mass is 16.7. The molecule has 2 unspecified atom stereocenters. The van der Waals surface area contributed by atoms with Gasteiger partial charge in [-0.2, -0.15) is 0 Å². The molecule has 3 heterocycles. The molecule has 0 amide bonds. The number of carbonyl (C=O) groups is 4. The van der Waals surface area contributed by atoms with E-state index in [1.807, 2.05) is 4.90 Å². The molecule has 0 spiro atoms. The molecule has 0 radical (unpaired) electrons. The zero-order valence-corrected chi connectivity index (χ0v) is 25.0. The Kier molecular flexibility index (Phi) is 7.51. The van der Waals surface area contributed by atoms with Crippen LogP contribution in [0, 0.1) is 0 Å². The first-order chi connectivity index (χ1) is 22.0. The Morgan fingerprint density at radius 2 is 1.89 bits per heavy atom. The SMILES string of the molecule is COc1cccc2c1C(=O)c1c(O)c3c(c(O)c1C2=O)C[C@@](O)(C(=O)CO)C[C@@H]3O[C@H]1CC2C(O[C@@H]3[C@@H](C=O)OCCN23)[C@H](C)O1. The number of aldehydes is 1. The molecule has 2 aliphatic carbocycles. The van der Waals surface area contributed by atoms with Crippen LogP contribution in [0.25, 0.3) is 0 Å². The van der Waals surface area contributed by atoms with E-state index < -0.39 is 102 Å². The number of benzene rings is 2. The van der Waals surface area contributed by atoms with Gasteiger partial charge in [-0.25, -0.2) is 0 Å². The number of carbonyl (C=O) groups excluding carboxylic acids is 4. The predicted octanol–water partition coefficient (Wildman–Crippen LogP) is 0.306. The average Bonchev–Trinajstić information content (AvgIpc) is 3.43. The number of morpholine rings is 1. The molecule has 3 aliphatic heterocycles. The van der Waals surface area contributed by atoms with E-state index in [4.69, 9.17) is 23.7 Å². The number of hydrogen-bond acceptors (Lipinski definition) is 14.